The molecule has 1 atom stereocenters. The molecule has 1 aromatic heterocycles. The number of hydrogen-bond acceptors (Lipinski definition) is 4. The lowest BCUT2D eigenvalue weighted by molar-refractivity contribution is -0.136. The normalized spacial score (nSPS) is 18.2. The number of aromatic nitrogens is 2. The largest absolute Gasteiger partial charge is 0.376 e. The van der Waals surface area contributed by atoms with Crippen molar-refractivity contribution >= 4 is 17.5 Å². The number of nitrogens with one attached hydrogen (secondary N) is 2. The molecule has 7 heteroatoms. The van der Waals surface area contributed by atoms with Crippen LogP contribution in [0.3, 0.4) is 0 Å². The Morgan fingerprint density at radius 3 is 2.90 bits per heavy atom. The van der Waals surface area contributed by atoms with Crippen LogP contribution in [0.1, 0.15) is 32.7 Å². The van der Waals surface area contributed by atoms with Gasteiger partial charge < -0.3 is 15.4 Å². The molecule has 0 bridgehead atoms. The molecule has 0 aromatic carbocycles. The van der Waals surface area contributed by atoms with E-state index in [-0.39, 0.29) is 12.1 Å². The molecule has 2 heterocycles. The summed E-state index contributed by atoms with van der Waals surface area (Å²) >= 11 is 0. The fourth-order valence-corrected chi connectivity index (χ4v) is 1.96. The molecule has 0 aliphatic carbocycles. The number of hydrogen-bond donors (Lipinski definition) is 2. The second kappa shape index (κ2) is 6.51. The molecule has 1 fully saturated rings. The van der Waals surface area contributed by atoms with Crippen LogP contribution < -0.4 is 10.6 Å². The van der Waals surface area contributed by atoms with Crippen LogP contribution in [0.15, 0.2) is 12.4 Å². The SMILES string of the molecule is CC(C)n1cc(NC(=O)C(=O)NC[C@@H]2CCCO2)cn1. The Bertz CT molecular complexity index is 478. The lowest BCUT2D eigenvalue weighted by Gasteiger charge is -2.10. The Kier molecular flexibility index (Phi) is 4.73. The standard InChI is InChI=1S/C13H20N4O3/c1-9(2)17-8-10(6-15-17)16-13(19)12(18)14-7-11-4-3-5-20-11/h6,8-9,11H,3-5,7H2,1-2H3,(H,14,18)(H,16,19)/t11-/m0/s1. The molecular formula is C13H20N4O3. The number of rotatable bonds is 4. The number of carbonyl (C=O) groups excluding carboxylic acids is 2. The van der Waals surface area contributed by atoms with Gasteiger partial charge in [-0.3, -0.25) is 14.3 Å². The predicted molar refractivity (Wildman–Crippen MR) is 73.2 cm³/mol. The minimum absolute atomic E-state index is 0.0236. The van der Waals surface area contributed by atoms with Crippen molar-refractivity contribution in [3.63, 3.8) is 0 Å². The van der Waals surface area contributed by atoms with Crippen molar-refractivity contribution in [1.29, 1.82) is 0 Å². The quantitative estimate of drug-likeness (QED) is 0.795. The third-order valence-electron chi connectivity index (χ3n) is 3.11. The van der Waals surface area contributed by atoms with Crippen molar-refractivity contribution in [1.82, 2.24) is 15.1 Å². The highest BCUT2D eigenvalue weighted by Crippen LogP contribution is 2.11. The van der Waals surface area contributed by atoms with Crippen molar-refractivity contribution in [3.8, 4) is 0 Å². The van der Waals surface area contributed by atoms with E-state index < -0.39 is 11.8 Å². The molecule has 2 N–H and O–H groups in total. The summed E-state index contributed by atoms with van der Waals surface area (Å²) in [4.78, 5) is 23.3. The van der Waals surface area contributed by atoms with Crippen LogP contribution in [0, 0.1) is 0 Å². The third kappa shape index (κ3) is 3.80. The summed E-state index contributed by atoms with van der Waals surface area (Å²) in [6, 6.07) is 0.203. The molecule has 2 amide bonds. The molecule has 1 saturated heterocycles. The van der Waals surface area contributed by atoms with E-state index >= 15 is 0 Å². The fourth-order valence-electron chi connectivity index (χ4n) is 1.96. The first-order valence-electron chi connectivity index (χ1n) is 6.81. The molecular weight excluding hydrogens is 260 g/mol. The average molecular weight is 280 g/mol. The van der Waals surface area contributed by atoms with Gasteiger partial charge in [0, 0.05) is 25.4 Å². The second-order valence-corrected chi connectivity index (χ2v) is 5.10. The molecule has 1 aliphatic heterocycles. The molecule has 110 valence electrons. The van der Waals surface area contributed by atoms with Crippen LogP contribution >= 0.6 is 0 Å². The average Bonchev–Trinajstić information content (AvgIpc) is 3.06. The molecule has 0 spiro atoms. The number of anilines is 1. The van der Waals surface area contributed by atoms with E-state index in [0.717, 1.165) is 19.4 Å². The van der Waals surface area contributed by atoms with E-state index in [1.54, 1.807) is 10.9 Å². The van der Waals surface area contributed by atoms with E-state index in [1.165, 1.54) is 6.20 Å². The molecule has 1 aromatic rings. The maximum atomic E-state index is 11.7. The van der Waals surface area contributed by atoms with Crippen LogP contribution in [0.4, 0.5) is 5.69 Å². The molecule has 20 heavy (non-hydrogen) atoms. The van der Waals surface area contributed by atoms with Crippen LogP contribution in [-0.4, -0.2) is 40.9 Å². The maximum Gasteiger partial charge on any atom is 0.313 e. The topological polar surface area (TPSA) is 85.2 Å². The number of ether oxygens (including phenoxy) is 1. The minimum Gasteiger partial charge on any atom is -0.376 e. The van der Waals surface area contributed by atoms with Gasteiger partial charge in [0.15, 0.2) is 0 Å². The summed E-state index contributed by atoms with van der Waals surface area (Å²) < 4.78 is 7.08. The summed E-state index contributed by atoms with van der Waals surface area (Å²) in [7, 11) is 0. The van der Waals surface area contributed by atoms with Crippen molar-refractivity contribution < 1.29 is 14.3 Å². The van der Waals surface area contributed by atoms with Gasteiger partial charge in [0.1, 0.15) is 0 Å². The summed E-state index contributed by atoms with van der Waals surface area (Å²) in [6.45, 7) is 5.05. The van der Waals surface area contributed by atoms with Gasteiger partial charge in [-0.2, -0.15) is 5.10 Å². The summed E-state index contributed by atoms with van der Waals surface area (Å²) in [5.74, 6) is -1.34. The zero-order chi connectivity index (χ0) is 14.5. The Morgan fingerprint density at radius 1 is 1.50 bits per heavy atom. The fraction of sp³-hybridized carbons (Fsp3) is 0.615. The first kappa shape index (κ1) is 14.5. The van der Waals surface area contributed by atoms with Gasteiger partial charge in [0.2, 0.25) is 0 Å². The second-order valence-electron chi connectivity index (χ2n) is 5.10. The van der Waals surface area contributed by atoms with E-state index in [4.69, 9.17) is 4.74 Å². The highest BCUT2D eigenvalue weighted by Gasteiger charge is 2.19. The Labute approximate surface area is 117 Å². The highest BCUT2D eigenvalue weighted by atomic mass is 16.5. The Balaban J connectivity index is 1.79. The first-order chi connectivity index (χ1) is 9.56. The van der Waals surface area contributed by atoms with Gasteiger partial charge in [0.05, 0.1) is 18.0 Å². The van der Waals surface area contributed by atoms with Gasteiger partial charge in [-0.1, -0.05) is 0 Å². The number of amides is 2. The van der Waals surface area contributed by atoms with Gasteiger partial charge in [-0.25, -0.2) is 0 Å². The zero-order valence-electron chi connectivity index (χ0n) is 11.8. The Morgan fingerprint density at radius 2 is 2.30 bits per heavy atom. The van der Waals surface area contributed by atoms with Crippen LogP contribution in [0.5, 0.6) is 0 Å². The van der Waals surface area contributed by atoms with E-state index in [1.807, 2.05) is 13.8 Å². The summed E-state index contributed by atoms with van der Waals surface area (Å²) in [6.07, 6.45) is 5.15. The van der Waals surface area contributed by atoms with Gasteiger partial charge in [0.25, 0.3) is 0 Å². The van der Waals surface area contributed by atoms with E-state index in [9.17, 15) is 9.59 Å². The lowest BCUT2D eigenvalue weighted by Crippen LogP contribution is -2.39. The first-order valence-corrected chi connectivity index (χ1v) is 6.81. The number of nitrogens with zero attached hydrogens (tertiary/aromatic N) is 2. The van der Waals surface area contributed by atoms with E-state index in [2.05, 4.69) is 15.7 Å². The minimum atomic E-state index is -0.689. The monoisotopic (exact) mass is 280 g/mol. The molecule has 2 rings (SSSR count). The highest BCUT2D eigenvalue weighted by molar-refractivity contribution is 6.39. The van der Waals surface area contributed by atoms with Gasteiger partial charge >= 0.3 is 11.8 Å². The molecule has 1 aliphatic rings. The molecule has 0 radical (unpaired) electrons. The van der Waals surface area contributed by atoms with Crippen molar-refractivity contribution in [2.75, 3.05) is 18.5 Å². The maximum absolute atomic E-state index is 11.7. The van der Waals surface area contributed by atoms with Crippen LogP contribution in [0.2, 0.25) is 0 Å². The predicted octanol–water partition coefficient (Wildman–Crippen LogP) is 0.698. The van der Waals surface area contributed by atoms with Gasteiger partial charge in [-0.05, 0) is 26.7 Å². The van der Waals surface area contributed by atoms with Crippen molar-refractivity contribution in [2.45, 2.75) is 38.8 Å². The number of carbonyl (C=O) groups is 2. The van der Waals surface area contributed by atoms with Gasteiger partial charge in [-0.15, -0.1) is 0 Å². The smallest absolute Gasteiger partial charge is 0.313 e. The molecule has 0 unspecified atom stereocenters. The van der Waals surface area contributed by atoms with E-state index in [0.29, 0.717) is 12.2 Å². The molecule has 7 nitrogen and oxygen atoms in total. The third-order valence-corrected chi connectivity index (χ3v) is 3.11. The Hall–Kier alpha value is -1.89. The van der Waals surface area contributed by atoms with Crippen LogP contribution in [-0.2, 0) is 14.3 Å². The van der Waals surface area contributed by atoms with Crippen molar-refractivity contribution in [3.05, 3.63) is 12.4 Å². The van der Waals surface area contributed by atoms with Crippen LogP contribution in [0.25, 0.3) is 0 Å². The zero-order valence-corrected chi connectivity index (χ0v) is 11.8. The lowest BCUT2D eigenvalue weighted by atomic mass is 10.2. The summed E-state index contributed by atoms with van der Waals surface area (Å²) in [5.41, 5.74) is 0.510. The molecule has 0 saturated carbocycles. The summed E-state index contributed by atoms with van der Waals surface area (Å²) in [5, 5.41) is 9.18. The van der Waals surface area contributed by atoms with Crippen molar-refractivity contribution in [2.24, 2.45) is 0 Å².